The van der Waals surface area contributed by atoms with Gasteiger partial charge in [-0.25, -0.2) is 0 Å². The van der Waals surface area contributed by atoms with Crippen LogP contribution < -0.4 is 5.32 Å². The number of nitrogens with one attached hydrogen (secondary N) is 1. The van der Waals surface area contributed by atoms with Crippen molar-refractivity contribution < 1.29 is 9.53 Å². The molecule has 1 aromatic carbocycles. The van der Waals surface area contributed by atoms with E-state index < -0.39 is 0 Å². The Bertz CT molecular complexity index is 324. The van der Waals surface area contributed by atoms with Crippen LogP contribution in [0.15, 0.2) is 30.3 Å². The molecule has 1 atom stereocenters. The van der Waals surface area contributed by atoms with E-state index in [1.807, 2.05) is 25.1 Å². The molecule has 0 saturated carbocycles. The molecule has 3 heteroatoms. The summed E-state index contributed by atoms with van der Waals surface area (Å²) >= 11 is 0. The Morgan fingerprint density at radius 2 is 2.06 bits per heavy atom. The number of hydrogen-bond acceptors (Lipinski definition) is 3. The summed E-state index contributed by atoms with van der Waals surface area (Å²) in [6.45, 7) is 4.64. The molecule has 0 aliphatic rings. The summed E-state index contributed by atoms with van der Waals surface area (Å²) < 4.78 is 4.85. The predicted octanol–water partition coefficient (Wildman–Crippen LogP) is 2.16. The van der Waals surface area contributed by atoms with Crippen molar-refractivity contribution in [2.24, 2.45) is 0 Å². The summed E-state index contributed by atoms with van der Waals surface area (Å²) in [6.07, 6.45) is 2.04. The first-order valence-electron chi connectivity index (χ1n) is 6.15. The SMILES string of the molecule is CCOC(=O)CNC(C)CCc1ccccc1. The first-order valence-corrected chi connectivity index (χ1v) is 6.15. The van der Waals surface area contributed by atoms with E-state index in [9.17, 15) is 4.79 Å². The number of esters is 1. The molecule has 0 aliphatic heterocycles. The molecule has 0 bridgehead atoms. The Morgan fingerprint density at radius 3 is 2.71 bits per heavy atom. The van der Waals surface area contributed by atoms with E-state index in [0.717, 1.165) is 12.8 Å². The van der Waals surface area contributed by atoms with Crippen LogP contribution in [0.4, 0.5) is 0 Å². The fourth-order valence-corrected chi connectivity index (χ4v) is 1.60. The molecule has 0 heterocycles. The quantitative estimate of drug-likeness (QED) is 0.736. The van der Waals surface area contributed by atoms with E-state index in [1.54, 1.807) is 0 Å². The monoisotopic (exact) mass is 235 g/mol. The smallest absolute Gasteiger partial charge is 0.319 e. The molecule has 0 spiro atoms. The van der Waals surface area contributed by atoms with E-state index in [2.05, 4.69) is 24.4 Å². The maximum atomic E-state index is 11.1. The average Bonchev–Trinajstić information content (AvgIpc) is 2.35. The molecule has 94 valence electrons. The third kappa shape index (κ3) is 6.07. The van der Waals surface area contributed by atoms with E-state index in [1.165, 1.54) is 5.56 Å². The molecule has 0 aliphatic carbocycles. The molecule has 1 rings (SSSR count). The third-order valence-corrected chi connectivity index (χ3v) is 2.61. The first kappa shape index (κ1) is 13.7. The van der Waals surface area contributed by atoms with Gasteiger partial charge in [0.25, 0.3) is 0 Å². The zero-order chi connectivity index (χ0) is 12.5. The van der Waals surface area contributed by atoms with Crippen LogP contribution in [0.25, 0.3) is 0 Å². The van der Waals surface area contributed by atoms with Crippen molar-refractivity contribution in [1.82, 2.24) is 5.32 Å². The topological polar surface area (TPSA) is 38.3 Å². The minimum absolute atomic E-state index is 0.181. The summed E-state index contributed by atoms with van der Waals surface area (Å²) in [5, 5.41) is 3.16. The highest BCUT2D eigenvalue weighted by molar-refractivity contribution is 5.71. The first-order chi connectivity index (χ1) is 8.22. The molecule has 0 saturated heterocycles. The van der Waals surface area contributed by atoms with Crippen LogP contribution in [-0.4, -0.2) is 25.2 Å². The van der Waals surface area contributed by atoms with Crippen LogP contribution in [0.2, 0.25) is 0 Å². The van der Waals surface area contributed by atoms with Gasteiger partial charge >= 0.3 is 5.97 Å². The fourth-order valence-electron chi connectivity index (χ4n) is 1.60. The number of carbonyl (C=O) groups excluding carboxylic acids is 1. The number of benzene rings is 1. The van der Waals surface area contributed by atoms with Gasteiger partial charge in [-0.2, -0.15) is 0 Å². The zero-order valence-corrected chi connectivity index (χ0v) is 10.6. The lowest BCUT2D eigenvalue weighted by Crippen LogP contribution is -2.32. The van der Waals surface area contributed by atoms with Crippen molar-refractivity contribution in [3.8, 4) is 0 Å². The molecule has 0 amide bonds. The largest absolute Gasteiger partial charge is 0.465 e. The summed E-state index contributed by atoms with van der Waals surface area (Å²) in [7, 11) is 0. The van der Waals surface area contributed by atoms with Crippen molar-refractivity contribution in [2.45, 2.75) is 32.7 Å². The van der Waals surface area contributed by atoms with Gasteiger partial charge in [-0.3, -0.25) is 4.79 Å². The molecule has 17 heavy (non-hydrogen) atoms. The van der Waals surface area contributed by atoms with Crippen molar-refractivity contribution in [2.75, 3.05) is 13.2 Å². The normalized spacial score (nSPS) is 12.1. The lowest BCUT2D eigenvalue weighted by atomic mass is 10.1. The lowest BCUT2D eigenvalue weighted by Gasteiger charge is -2.13. The molecule has 1 aromatic rings. The number of carbonyl (C=O) groups is 1. The molecular weight excluding hydrogens is 214 g/mol. The predicted molar refractivity (Wildman–Crippen MR) is 68.9 cm³/mol. The van der Waals surface area contributed by atoms with Gasteiger partial charge in [-0.15, -0.1) is 0 Å². The molecule has 1 unspecified atom stereocenters. The Kier molecular flexibility index (Phi) is 6.33. The second kappa shape index (κ2) is 7.85. The number of aryl methyl sites for hydroxylation is 1. The molecule has 0 fully saturated rings. The highest BCUT2D eigenvalue weighted by Gasteiger charge is 2.05. The van der Waals surface area contributed by atoms with Crippen molar-refractivity contribution in [1.29, 1.82) is 0 Å². The van der Waals surface area contributed by atoms with Crippen molar-refractivity contribution in [3.63, 3.8) is 0 Å². The van der Waals surface area contributed by atoms with Gasteiger partial charge in [0.05, 0.1) is 13.2 Å². The lowest BCUT2D eigenvalue weighted by molar-refractivity contribution is -0.142. The standard InChI is InChI=1S/C14H21NO2/c1-3-17-14(16)11-15-12(2)9-10-13-7-5-4-6-8-13/h4-8,12,15H,3,9-11H2,1-2H3. The minimum Gasteiger partial charge on any atom is -0.465 e. The number of hydrogen-bond donors (Lipinski definition) is 1. The number of rotatable bonds is 7. The average molecular weight is 235 g/mol. The van der Waals surface area contributed by atoms with Crippen molar-refractivity contribution >= 4 is 5.97 Å². The van der Waals surface area contributed by atoms with Gasteiger partial charge < -0.3 is 10.1 Å². The molecule has 1 N–H and O–H groups in total. The highest BCUT2D eigenvalue weighted by atomic mass is 16.5. The maximum absolute atomic E-state index is 11.1. The van der Waals surface area contributed by atoms with Gasteiger partial charge in [0, 0.05) is 6.04 Å². The van der Waals surface area contributed by atoms with E-state index in [0.29, 0.717) is 19.2 Å². The van der Waals surface area contributed by atoms with E-state index in [4.69, 9.17) is 4.74 Å². The van der Waals surface area contributed by atoms with Gasteiger partial charge in [0.2, 0.25) is 0 Å². The summed E-state index contributed by atoms with van der Waals surface area (Å²) in [6, 6.07) is 10.7. The van der Waals surface area contributed by atoms with E-state index in [-0.39, 0.29) is 5.97 Å². The molecule has 0 radical (unpaired) electrons. The number of ether oxygens (including phenoxy) is 1. The van der Waals surface area contributed by atoms with Crippen LogP contribution in [0.1, 0.15) is 25.8 Å². The molecule has 0 aromatic heterocycles. The maximum Gasteiger partial charge on any atom is 0.319 e. The van der Waals surface area contributed by atoms with Gasteiger partial charge in [0.1, 0.15) is 0 Å². The van der Waals surface area contributed by atoms with Crippen LogP contribution >= 0.6 is 0 Å². The van der Waals surface area contributed by atoms with Gasteiger partial charge in [0.15, 0.2) is 0 Å². The Balaban J connectivity index is 2.17. The van der Waals surface area contributed by atoms with Crippen LogP contribution in [0.3, 0.4) is 0 Å². The summed E-state index contributed by atoms with van der Waals surface area (Å²) in [5.41, 5.74) is 1.33. The Morgan fingerprint density at radius 1 is 1.35 bits per heavy atom. The Hall–Kier alpha value is -1.35. The van der Waals surface area contributed by atoms with Crippen LogP contribution in [0.5, 0.6) is 0 Å². The van der Waals surface area contributed by atoms with Crippen LogP contribution in [0, 0.1) is 0 Å². The highest BCUT2D eigenvalue weighted by Crippen LogP contribution is 2.04. The minimum atomic E-state index is -0.181. The Labute approximate surface area is 103 Å². The molecule has 3 nitrogen and oxygen atoms in total. The summed E-state index contributed by atoms with van der Waals surface area (Å²) in [4.78, 5) is 11.1. The third-order valence-electron chi connectivity index (χ3n) is 2.61. The zero-order valence-electron chi connectivity index (χ0n) is 10.6. The van der Waals surface area contributed by atoms with E-state index >= 15 is 0 Å². The second-order valence-corrected chi connectivity index (χ2v) is 4.11. The van der Waals surface area contributed by atoms with Gasteiger partial charge in [-0.1, -0.05) is 30.3 Å². The van der Waals surface area contributed by atoms with Gasteiger partial charge in [-0.05, 0) is 32.3 Å². The second-order valence-electron chi connectivity index (χ2n) is 4.11. The van der Waals surface area contributed by atoms with Crippen molar-refractivity contribution in [3.05, 3.63) is 35.9 Å². The molecular formula is C14H21NO2. The summed E-state index contributed by atoms with van der Waals surface area (Å²) in [5.74, 6) is -0.181. The fraction of sp³-hybridized carbons (Fsp3) is 0.500. The van der Waals surface area contributed by atoms with Crippen LogP contribution in [-0.2, 0) is 16.0 Å².